The summed E-state index contributed by atoms with van der Waals surface area (Å²) in [7, 11) is 0. The molecule has 2 heterocycles. The molecule has 2 N–H and O–H groups in total. The number of carbonyl (C=O) groups excluding carboxylic acids is 1. The first-order chi connectivity index (χ1) is 9.79. The molecule has 0 atom stereocenters. The summed E-state index contributed by atoms with van der Waals surface area (Å²) in [6.45, 7) is 4.38. The molecule has 102 valence electrons. The molecule has 5 heteroatoms. The fourth-order valence-corrected chi connectivity index (χ4v) is 1.99. The molecule has 0 saturated heterocycles. The SMILES string of the molecule is CC.N#CC1=C2NC(c3ccccc3)=CC(=O)N2NC1. The number of benzene rings is 1. The van der Waals surface area contributed by atoms with Crippen LogP contribution in [0.3, 0.4) is 0 Å². The predicted molar refractivity (Wildman–Crippen MR) is 76.4 cm³/mol. The summed E-state index contributed by atoms with van der Waals surface area (Å²) in [5, 5.41) is 13.5. The van der Waals surface area contributed by atoms with Gasteiger partial charge < -0.3 is 5.32 Å². The van der Waals surface area contributed by atoms with Gasteiger partial charge in [-0.3, -0.25) is 4.79 Å². The normalized spacial score (nSPS) is 16.6. The minimum atomic E-state index is -0.173. The van der Waals surface area contributed by atoms with Crippen molar-refractivity contribution in [3.8, 4) is 6.07 Å². The lowest BCUT2D eigenvalue weighted by atomic mass is 10.1. The second-order valence-corrected chi connectivity index (χ2v) is 4.00. The molecule has 3 rings (SSSR count). The molecule has 0 aliphatic carbocycles. The predicted octanol–water partition coefficient (Wildman–Crippen LogP) is 1.74. The molecule has 0 unspecified atom stereocenters. The summed E-state index contributed by atoms with van der Waals surface area (Å²) in [6.07, 6.45) is 1.52. The Morgan fingerprint density at radius 3 is 2.60 bits per heavy atom. The quantitative estimate of drug-likeness (QED) is 0.814. The van der Waals surface area contributed by atoms with E-state index in [1.54, 1.807) is 0 Å². The van der Waals surface area contributed by atoms with Gasteiger partial charge in [-0.15, -0.1) is 0 Å². The molecular weight excluding hydrogens is 252 g/mol. The molecule has 0 fully saturated rings. The number of carbonyl (C=O) groups is 1. The summed E-state index contributed by atoms with van der Waals surface area (Å²) in [4.78, 5) is 11.9. The topological polar surface area (TPSA) is 68.2 Å². The number of hydrogen-bond acceptors (Lipinski definition) is 4. The highest BCUT2D eigenvalue weighted by Crippen LogP contribution is 2.23. The van der Waals surface area contributed by atoms with Gasteiger partial charge in [-0.1, -0.05) is 44.2 Å². The maximum absolute atomic E-state index is 11.9. The maximum Gasteiger partial charge on any atom is 0.268 e. The summed E-state index contributed by atoms with van der Waals surface area (Å²) < 4.78 is 0. The fourth-order valence-electron chi connectivity index (χ4n) is 1.99. The van der Waals surface area contributed by atoms with Crippen molar-refractivity contribution in [2.24, 2.45) is 0 Å². The third-order valence-corrected chi connectivity index (χ3v) is 2.88. The van der Waals surface area contributed by atoms with E-state index in [2.05, 4.69) is 16.8 Å². The second-order valence-electron chi connectivity index (χ2n) is 4.00. The van der Waals surface area contributed by atoms with Gasteiger partial charge in [0.1, 0.15) is 5.82 Å². The highest BCUT2D eigenvalue weighted by Gasteiger charge is 2.31. The Balaban J connectivity index is 0.000000704. The highest BCUT2D eigenvalue weighted by atomic mass is 16.2. The summed E-state index contributed by atoms with van der Waals surface area (Å²) in [5.41, 5.74) is 5.02. The molecule has 2 aliphatic rings. The number of rotatable bonds is 1. The van der Waals surface area contributed by atoms with Gasteiger partial charge in [0.05, 0.1) is 23.9 Å². The van der Waals surface area contributed by atoms with Crippen molar-refractivity contribution in [3.05, 3.63) is 53.4 Å². The van der Waals surface area contributed by atoms with E-state index in [0.29, 0.717) is 23.6 Å². The van der Waals surface area contributed by atoms with Crippen LogP contribution in [0.4, 0.5) is 0 Å². The van der Waals surface area contributed by atoms with Crippen molar-refractivity contribution in [1.29, 1.82) is 5.26 Å². The molecule has 2 aliphatic heterocycles. The van der Waals surface area contributed by atoms with Crippen LogP contribution in [0.2, 0.25) is 0 Å². The van der Waals surface area contributed by atoms with E-state index >= 15 is 0 Å². The summed E-state index contributed by atoms with van der Waals surface area (Å²) in [5.74, 6) is 0.358. The Morgan fingerprint density at radius 1 is 1.25 bits per heavy atom. The zero-order chi connectivity index (χ0) is 14.5. The average molecular weight is 268 g/mol. The molecule has 20 heavy (non-hydrogen) atoms. The van der Waals surface area contributed by atoms with Crippen LogP contribution in [0.15, 0.2) is 47.8 Å². The van der Waals surface area contributed by atoms with Gasteiger partial charge in [0.15, 0.2) is 0 Å². The van der Waals surface area contributed by atoms with E-state index in [1.807, 2.05) is 44.2 Å². The number of nitrogens with one attached hydrogen (secondary N) is 2. The number of nitrogens with zero attached hydrogens (tertiary/aromatic N) is 2. The first-order valence-electron chi connectivity index (χ1n) is 6.54. The van der Waals surface area contributed by atoms with E-state index in [4.69, 9.17) is 5.26 Å². The monoisotopic (exact) mass is 268 g/mol. The Hall–Kier alpha value is -2.58. The Kier molecular flexibility index (Phi) is 4.18. The van der Waals surface area contributed by atoms with Crippen LogP contribution in [0.1, 0.15) is 19.4 Å². The maximum atomic E-state index is 11.9. The molecule has 0 radical (unpaired) electrons. The largest absolute Gasteiger partial charge is 0.339 e. The first kappa shape index (κ1) is 13.8. The zero-order valence-corrected chi connectivity index (χ0v) is 11.5. The molecule has 0 bridgehead atoms. The van der Waals surface area contributed by atoms with Gasteiger partial charge in [0.2, 0.25) is 0 Å². The van der Waals surface area contributed by atoms with Crippen molar-refractivity contribution in [3.63, 3.8) is 0 Å². The van der Waals surface area contributed by atoms with Crippen LogP contribution in [0.25, 0.3) is 5.70 Å². The van der Waals surface area contributed by atoms with Crippen molar-refractivity contribution in [2.75, 3.05) is 6.54 Å². The minimum Gasteiger partial charge on any atom is -0.339 e. The lowest BCUT2D eigenvalue weighted by molar-refractivity contribution is -0.126. The van der Waals surface area contributed by atoms with Crippen LogP contribution < -0.4 is 10.7 Å². The molecule has 1 amide bonds. The van der Waals surface area contributed by atoms with Crippen LogP contribution in [0.5, 0.6) is 0 Å². The molecule has 0 spiro atoms. The van der Waals surface area contributed by atoms with E-state index in [1.165, 1.54) is 11.1 Å². The van der Waals surface area contributed by atoms with Crippen molar-refractivity contribution >= 4 is 11.6 Å². The van der Waals surface area contributed by atoms with Crippen molar-refractivity contribution in [1.82, 2.24) is 15.8 Å². The molecule has 0 aromatic heterocycles. The van der Waals surface area contributed by atoms with E-state index < -0.39 is 0 Å². The Bertz CT molecular complexity index is 611. The lowest BCUT2D eigenvalue weighted by Crippen LogP contribution is -2.43. The van der Waals surface area contributed by atoms with Crippen LogP contribution in [-0.4, -0.2) is 17.5 Å². The van der Waals surface area contributed by atoms with E-state index in [0.717, 1.165) is 5.56 Å². The minimum absolute atomic E-state index is 0.173. The smallest absolute Gasteiger partial charge is 0.268 e. The number of fused-ring (bicyclic) bond motifs is 1. The van der Waals surface area contributed by atoms with E-state index in [-0.39, 0.29) is 5.91 Å². The Labute approximate surface area is 118 Å². The van der Waals surface area contributed by atoms with Gasteiger partial charge in [-0.2, -0.15) is 5.26 Å². The molecule has 0 saturated carbocycles. The standard InChI is InChI=1S/C13H10N4O.C2H6/c14-7-10-8-15-17-12(18)6-11(16-13(10)17)9-4-2-1-3-5-9;1-2/h1-6,15-16H,8H2;1-2H3. The number of nitriles is 1. The third-order valence-electron chi connectivity index (χ3n) is 2.88. The number of hydrazine groups is 1. The van der Waals surface area contributed by atoms with Gasteiger partial charge in [0, 0.05) is 6.08 Å². The number of amides is 1. The Morgan fingerprint density at radius 2 is 1.95 bits per heavy atom. The average Bonchev–Trinajstić information content (AvgIpc) is 2.94. The van der Waals surface area contributed by atoms with Gasteiger partial charge in [-0.25, -0.2) is 10.4 Å². The summed E-state index contributed by atoms with van der Waals surface area (Å²) >= 11 is 0. The highest BCUT2D eigenvalue weighted by molar-refractivity contribution is 5.98. The molecule has 5 nitrogen and oxygen atoms in total. The molecular formula is C15H16N4O. The van der Waals surface area contributed by atoms with Gasteiger partial charge >= 0.3 is 0 Å². The third kappa shape index (κ3) is 2.42. The van der Waals surface area contributed by atoms with Crippen LogP contribution in [-0.2, 0) is 4.79 Å². The molecule has 1 aromatic carbocycles. The second kappa shape index (κ2) is 6.04. The van der Waals surface area contributed by atoms with Crippen molar-refractivity contribution < 1.29 is 4.79 Å². The summed E-state index contributed by atoms with van der Waals surface area (Å²) in [6, 6.07) is 11.6. The van der Waals surface area contributed by atoms with Gasteiger partial charge in [-0.05, 0) is 5.56 Å². The van der Waals surface area contributed by atoms with Crippen LogP contribution >= 0.6 is 0 Å². The van der Waals surface area contributed by atoms with Crippen LogP contribution in [0, 0.1) is 11.3 Å². The fraction of sp³-hybridized carbons (Fsp3) is 0.200. The van der Waals surface area contributed by atoms with E-state index in [9.17, 15) is 4.79 Å². The van der Waals surface area contributed by atoms with Crippen molar-refractivity contribution in [2.45, 2.75) is 13.8 Å². The number of hydrogen-bond donors (Lipinski definition) is 2. The zero-order valence-electron chi connectivity index (χ0n) is 11.5. The van der Waals surface area contributed by atoms with Gasteiger partial charge in [0.25, 0.3) is 5.91 Å². The molecule has 1 aromatic rings. The lowest BCUT2D eigenvalue weighted by Gasteiger charge is -2.26. The first-order valence-corrected chi connectivity index (χ1v) is 6.54.